The van der Waals surface area contributed by atoms with E-state index in [0.29, 0.717) is 0 Å². The van der Waals surface area contributed by atoms with Crippen LogP contribution < -0.4 is 5.32 Å². The molecule has 0 aliphatic heterocycles. The Labute approximate surface area is 117 Å². The highest BCUT2D eigenvalue weighted by molar-refractivity contribution is 9.10. The number of rotatable bonds is 6. The summed E-state index contributed by atoms with van der Waals surface area (Å²) in [4.78, 5) is 0. The van der Waals surface area contributed by atoms with Gasteiger partial charge in [0.15, 0.2) is 0 Å². The predicted molar refractivity (Wildman–Crippen MR) is 76.6 cm³/mol. The van der Waals surface area contributed by atoms with Crippen LogP contribution in [0, 0.1) is 0 Å². The first-order valence-electron chi connectivity index (χ1n) is 5.73. The molecule has 1 aromatic carbocycles. The summed E-state index contributed by atoms with van der Waals surface area (Å²) >= 11 is 9.47. The molecule has 0 heterocycles. The zero-order valence-corrected chi connectivity index (χ0v) is 12.9. The minimum Gasteiger partial charge on any atom is -0.375 e. The van der Waals surface area contributed by atoms with E-state index in [-0.39, 0.29) is 5.60 Å². The van der Waals surface area contributed by atoms with Gasteiger partial charge in [-0.05, 0) is 44.5 Å². The maximum absolute atomic E-state index is 5.96. The molecule has 0 saturated heterocycles. The molecular formula is C13H19BrClNO. The second kappa shape index (κ2) is 6.74. The Morgan fingerprint density at radius 1 is 1.41 bits per heavy atom. The Bertz CT molecular complexity index is 368. The second-order valence-corrected chi connectivity index (χ2v) is 5.82. The molecule has 0 atom stereocenters. The van der Waals surface area contributed by atoms with Crippen LogP contribution in [0.25, 0.3) is 0 Å². The van der Waals surface area contributed by atoms with Gasteiger partial charge in [0.25, 0.3) is 0 Å². The Hall–Kier alpha value is -0.0900. The largest absolute Gasteiger partial charge is 0.375 e. The molecule has 1 rings (SSSR count). The van der Waals surface area contributed by atoms with E-state index in [1.165, 1.54) is 0 Å². The number of hydrogen-bond donors (Lipinski definition) is 1. The van der Waals surface area contributed by atoms with E-state index in [9.17, 15) is 0 Å². The molecule has 0 unspecified atom stereocenters. The van der Waals surface area contributed by atoms with Crippen molar-refractivity contribution in [3.8, 4) is 0 Å². The predicted octanol–water partition coefficient (Wildman–Crippen LogP) is 4.01. The first-order valence-corrected chi connectivity index (χ1v) is 6.90. The number of halogens is 2. The van der Waals surface area contributed by atoms with Crippen LogP contribution in [-0.2, 0) is 11.3 Å². The summed E-state index contributed by atoms with van der Waals surface area (Å²) in [7, 11) is 0. The van der Waals surface area contributed by atoms with Crippen LogP contribution in [0.15, 0.2) is 22.7 Å². The van der Waals surface area contributed by atoms with Gasteiger partial charge < -0.3 is 10.1 Å². The van der Waals surface area contributed by atoms with Crippen LogP contribution in [0.3, 0.4) is 0 Å². The van der Waals surface area contributed by atoms with E-state index in [4.69, 9.17) is 16.3 Å². The minimum absolute atomic E-state index is 0.139. The summed E-state index contributed by atoms with van der Waals surface area (Å²) in [5.41, 5.74) is 1.02. The highest BCUT2D eigenvalue weighted by atomic mass is 79.9. The van der Waals surface area contributed by atoms with Crippen molar-refractivity contribution in [2.24, 2.45) is 0 Å². The zero-order chi connectivity index (χ0) is 12.9. The SMILES string of the molecule is CCOC(C)(C)CNCc1cc(Cl)ccc1Br. The van der Waals surface area contributed by atoms with Crippen molar-refractivity contribution in [3.63, 3.8) is 0 Å². The summed E-state index contributed by atoms with van der Waals surface area (Å²) in [5.74, 6) is 0. The smallest absolute Gasteiger partial charge is 0.0750 e. The van der Waals surface area contributed by atoms with E-state index in [2.05, 4.69) is 35.1 Å². The molecule has 0 radical (unpaired) electrons. The fourth-order valence-electron chi connectivity index (χ4n) is 1.62. The molecule has 2 nitrogen and oxygen atoms in total. The monoisotopic (exact) mass is 319 g/mol. The van der Waals surface area contributed by atoms with Gasteiger partial charge in [0, 0.05) is 29.2 Å². The number of hydrogen-bond acceptors (Lipinski definition) is 2. The van der Waals surface area contributed by atoms with Crippen molar-refractivity contribution in [1.82, 2.24) is 5.32 Å². The van der Waals surface area contributed by atoms with Crippen LogP contribution in [0.2, 0.25) is 5.02 Å². The van der Waals surface area contributed by atoms with E-state index in [1.807, 2.05) is 25.1 Å². The van der Waals surface area contributed by atoms with E-state index in [0.717, 1.165) is 34.8 Å². The first kappa shape index (κ1) is 15.0. The van der Waals surface area contributed by atoms with E-state index in [1.54, 1.807) is 0 Å². The van der Waals surface area contributed by atoms with Gasteiger partial charge in [-0.25, -0.2) is 0 Å². The van der Waals surface area contributed by atoms with E-state index < -0.39 is 0 Å². The van der Waals surface area contributed by atoms with Gasteiger partial charge in [0.2, 0.25) is 0 Å². The van der Waals surface area contributed by atoms with Crippen molar-refractivity contribution >= 4 is 27.5 Å². The number of nitrogens with one attached hydrogen (secondary N) is 1. The van der Waals surface area contributed by atoms with Crippen LogP contribution in [0.5, 0.6) is 0 Å². The van der Waals surface area contributed by atoms with Crippen molar-refractivity contribution in [2.75, 3.05) is 13.2 Å². The van der Waals surface area contributed by atoms with Gasteiger partial charge in [-0.2, -0.15) is 0 Å². The molecule has 0 aromatic heterocycles. The quantitative estimate of drug-likeness (QED) is 0.855. The normalized spacial score (nSPS) is 11.8. The molecule has 0 amide bonds. The van der Waals surface area contributed by atoms with Crippen molar-refractivity contribution in [1.29, 1.82) is 0 Å². The van der Waals surface area contributed by atoms with E-state index >= 15 is 0 Å². The summed E-state index contributed by atoms with van der Waals surface area (Å²) < 4.78 is 6.69. The van der Waals surface area contributed by atoms with Crippen molar-refractivity contribution in [2.45, 2.75) is 32.9 Å². The molecule has 1 aromatic rings. The molecule has 96 valence electrons. The van der Waals surface area contributed by atoms with Gasteiger partial charge in [0.05, 0.1) is 5.60 Å². The Morgan fingerprint density at radius 3 is 2.76 bits per heavy atom. The zero-order valence-electron chi connectivity index (χ0n) is 10.5. The third-order valence-corrected chi connectivity index (χ3v) is 3.42. The van der Waals surface area contributed by atoms with Gasteiger partial charge in [-0.3, -0.25) is 0 Å². The van der Waals surface area contributed by atoms with Gasteiger partial charge in [0.1, 0.15) is 0 Å². The van der Waals surface area contributed by atoms with Crippen LogP contribution >= 0.6 is 27.5 Å². The molecule has 17 heavy (non-hydrogen) atoms. The Kier molecular flexibility index (Phi) is 5.93. The highest BCUT2D eigenvalue weighted by Gasteiger charge is 2.16. The van der Waals surface area contributed by atoms with Crippen molar-refractivity contribution < 1.29 is 4.74 Å². The minimum atomic E-state index is -0.139. The highest BCUT2D eigenvalue weighted by Crippen LogP contribution is 2.21. The average molecular weight is 321 g/mol. The Morgan fingerprint density at radius 2 is 2.12 bits per heavy atom. The Balaban J connectivity index is 2.48. The second-order valence-electron chi connectivity index (χ2n) is 4.53. The van der Waals surface area contributed by atoms with Crippen LogP contribution in [0.1, 0.15) is 26.3 Å². The summed E-state index contributed by atoms with van der Waals surface area (Å²) in [6, 6.07) is 5.80. The molecule has 0 bridgehead atoms. The third-order valence-electron chi connectivity index (χ3n) is 2.41. The van der Waals surface area contributed by atoms with Crippen molar-refractivity contribution in [3.05, 3.63) is 33.3 Å². The molecule has 0 aliphatic rings. The lowest BCUT2D eigenvalue weighted by molar-refractivity contribution is -0.00898. The van der Waals surface area contributed by atoms with Gasteiger partial charge in [-0.15, -0.1) is 0 Å². The lowest BCUT2D eigenvalue weighted by Crippen LogP contribution is -2.37. The maximum Gasteiger partial charge on any atom is 0.0750 e. The molecule has 0 fully saturated rings. The first-order chi connectivity index (χ1) is 7.94. The fourth-order valence-corrected chi connectivity index (χ4v) is 2.20. The molecule has 0 saturated carbocycles. The lowest BCUT2D eigenvalue weighted by Gasteiger charge is -2.25. The number of benzene rings is 1. The molecule has 0 aliphatic carbocycles. The third kappa shape index (κ3) is 5.38. The lowest BCUT2D eigenvalue weighted by atomic mass is 10.1. The molecule has 1 N–H and O–H groups in total. The molecule has 4 heteroatoms. The topological polar surface area (TPSA) is 21.3 Å². The van der Waals surface area contributed by atoms with Crippen LogP contribution in [-0.4, -0.2) is 18.8 Å². The fraction of sp³-hybridized carbons (Fsp3) is 0.538. The average Bonchev–Trinajstić information content (AvgIpc) is 2.23. The van der Waals surface area contributed by atoms with Crippen LogP contribution in [0.4, 0.5) is 0 Å². The molecule has 0 spiro atoms. The molecular weight excluding hydrogens is 302 g/mol. The number of ether oxygens (including phenoxy) is 1. The van der Waals surface area contributed by atoms with Gasteiger partial charge in [-0.1, -0.05) is 27.5 Å². The van der Waals surface area contributed by atoms with Gasteiger partial charge >= 0.3 is 0 Å². The maximum atomic E-state index is 5.96. The summed E-state index contributed by atoms with van der Waals surface area (Å²) in [6.07, 6.45) is 0. The standard InChI is InChI=1S/C13H19BrClNO/c1-4-17-13(2,3)9-16-8-10-7-11(15)5-6-12(10)14/h5-7,16H,4,8-9H2,1-3H3. The summed E-state index contributed by atoms with van der Waals surface area (Å²) in [5, 5.41) is 4.14. The summed E-state index contributed by atoms with van der Waals surface area (Å²) in [6.45, 7) is 8.48.